The molecule has 3 heterocycles. The van der Waals surface area contributed by atoms with Crippen molar-refractivity contribution in [3.05, 3.63) is 119 Å². The highest BCUT2D eigenvalue weighted by Gasteiger charge is 2.27. The molecule has 0 atom stereocenters. The predicted molar refractivity (Wildman–Crippen MR) is 135 cm³/mol. The van der Waals surface area contributed by atoms with E-state index in [1.807, 2.05) is 71.5 Å². The fraction of sp³-hybridized carbons (Fsp3) is 0.143. The number of carbonyl (C=O) groups is 2. The van der Waals surface area contributed by atoms with Gasteiger partial charge in [0.05, 0.1) is 25.2 Å². The Labute approximate surface area is 204 Å². The van der Waals surface area contributed by atoms with Crippen LogP contribution in [0.25, 0.3) is 0 Å². The van der Waals surface area contributed by atoms with Crippen molar-refractivity contribution in [2.24, 2.45) is 0 Å². The van der Waals surface area contributed by atoms with E-state index in [9.17, 15) is 9.59 Å². The lowest BCUT2D eigenvalue weighted by Crippen LogP contribution is -2.43. The van der Waals surface area contributed by atoms with Crippen LogP contribution in [-0.2, 0) is 13.1 Å². The summed E-state index contributed by atoms with van der Waals surface area (Å²) < 4.78 is 0. The van der Waals surface area contributed by atoms with E-state index in [1.165, 1.54) is 5.56 Å². The zero-order chi connectivity index (χ0) is 24.2. The van der Waals surface area contributed by atoms with Gasteiger partial charge in [-0.25, -0.2) is 4.98 Å². The van der Waals surface area contributed by atoms with Crippen LogP contribution < -0.4 is 15.6 Å². The van der Waals surface area contributed by atoms with Crippen LogP contribution in [0.2, 0.25) is 0 Å². The third kappa shape index (κ3) is 5.10. The van der Waals surface area contributed by atoms with Crippen LogP contribution in [0, 0.1) is 6.92 Å². The van der Waals surface area contributed by atoms with E-state index in [2.05, 4.69) is 27.6 Å². The topological polar surface area (TPSA) is 78.4 Å². The summed E-state index contributed by atoms with van der Waals surface area (Å²) in [5.41, 5.74) is 8.25. The zero-order valence-electron chi connectivity index (χ0n) is 19.4. The Hall–Kier alpha value is -4.36. The Morgan fingerprint density at radius 2 is 1.57 bits per heavy atom. The van der Waals surface area contributed by atoms with Gasteiger partial charge in [-0.15, -0.1) is 5.53 Å². The van der Waals surface area contributed by atoms with E-state index >= 15 is 0 Å². The minimum Gasteiger partial charge on any atom is -0.294 e. The highest BCUT2D eigenvalue weighted by molar-refractivity contribution is 6.12. The number of hydrazine groups is 2. The SMILES string of the molecule is Cc1ccnc(C(=O)CC(=O)c2cccc(CN3NN(Cc4ccccc4)c4ncccc43)c2)c1. The number of nitrogens with one attached hydrogen (secondary N) is 1. The normalized spacial score (nSPS) is 12.5. The largest absolute Gasteiger partial charge is 0.294 e. The molecule has 7 heteroatoms. The van der Waals surface area contributed by atoms with Gasteiger partial charge < -0.3 is 0 Å². The lowest BCUT2D eigenvalue weighted by atomic mass is 10.0. The molecule has 0 bridgehead atoms. The standard InChI is InChI=1S/C28H25N5O2/c1-20-12-14-29-24(15-20)27(35)17-26(34)23-10-5-9-22(16-23)19-32-25-11-6-13-30-28(25)33(31-32)18-21-7-3-2-4-8-21/h2-16,31H,17-19H2,1H3. The van der Waals surface area contributed by atoms with Crippen LogP contribution in [-0.4, -0.2) is 21.5 Å². The first-order valence-electron chi connectivity index (χ1n) is 11.4. The minimum absolute atomic E-state index is 0.209. The van der Waals surface area contributed by atoms with Gasteiger partial charge in [-0.2, -0.15) is 0 Å². The Morgan fingerprint density at radius 1 is 0.771 bits per heavy atom. The number of rotatable bonds is 8. The molecule has 5 rings (SSSR count). The van der Waals surface area contributed by atoms with Crippen molar-refractivity contribution in [2.75, 3.05) is 10.0 Å². The van der Waals surface area contributed by atoms with E-state index < -0.39 is 0 Å². The number of hydrogen-bond donors (Lipinski definition) is 1. The molecule has 1 aliphatic rings. The molecule has 0 saturated carbocycles. The second kappa shape index (κ2) is 9.87. The average molecular weight is 464 g/mol. The Morgan fingerprint density at radius 3 is 2.40 bits per heavy atom. The number of pyridine rings is 2. The second-order valence-electron chi connectivity index (χ2n) is 8.55. The molecule has 2 aromatic heterocycles. The first-order chi connectivity index (χ1) is 17.1. The minimum atomic E-state index is -0.276. The van der Waals surface area contributed by atoms with E-state index in [4.69, 9.17) is 0 Å². The smallest absolute Gasteiger partial charge is 0.188 e. The third-order valence-electron chi connectivity index (χ3n) is 5.85. The lowest BCUT2D eigenvalue weighted by molar-refractivity contribution is 0.0891. The van der Waals surface area contributed by atoms with Crippen LogP contribution in [0.15, 0.2) is 91.3 Å². The highest BCUT2D eigenvalue weighted by Crippen LogP contribution is 2.32. The fourth-order valence-electron chi connectivity index (χ4n) is 4.10. The van der Waals surface area contributed by atoms with Gasteiger partial charge in [0.2, 0.25) is 0 Å². The van der Waals surface area contributed by atoms with Gasteiger partial charge in [0.15, 0.2) is 17.4 Å². The summed E-state index contributed by atoms with van der Waals surface area (Å²) in [6.07, 6.45) is 3.16. The molecular formula is C28H25N5O2. The Balaban J connectivity index is 1.30. The van der Waals surface area contributed by atoms with Crippen molar-refractivity contribution < 1.29 is 9.59 Å². The molecule has 1 N–H and O–H groups in total. The number of anilines is 2. The summed E-state index contributed by atoms with van der Waals surface area (Å²) in [7, 11) is 0. The number of benzene rings is 2. The third-order valence-corrected chi connectivity index (χ3v) is 5.85. The monoisotopic (exact) mass is 463 g/mol. The van der Waals surface area contributed by atoms with Gasteiger partial charge in [-0.05, 0) is 53.9 Å². The van der Waals surface area contributed by atoms with Gasteiger partial charge in [0.25, 0.3) is 0 Å². The van der Waals surface area contributed by atoms with Gasteiger partial charge >= 0.3 is 0 Å². The van der Waals surface area contributed by atoms with E-state index in [0.29, 0.717) is 24.3 Å². The van der Waals surface area contributed by atoms with Crippen molar-refractivity contribution >= 4 is 23.1 Å². The van der Waals surface area contributed by atoms with Crippen molar-refractivity contribution in [3.63, 3.8) is 0 Å². The number of hydrogen-bond acceptors (Lipinski definition) is 7. The zero-order valence-corrected chi connectivity index (χ0v) is 19.4. The number of ketones is 2. The number of carbonyl (C=O) groups excluding carboxylic acids is 2. The van der Waals surface area contributed by atoms with Crippen LogP contribution in [0.3, 0.4) is 0 Å². The Kier molecular flexibility index (Phi) is 6.32. The van der Waals surface area contributed by atoms with Gasteiger partial charge in [-0.1, -0.05) is 48.5 Å². The summed E-state index contributed by atoms with van der Waals surface area (Å²) in [5, 5.41) is 4.02. The quantitative estimate of drug-likeness (QED) is 0.300. The highest BCUT2D eigenvalue weighted by atomic mass is 16.1. The van der Waals surface area contributed by atoms with Crippen molar-refractivity contribution in [2.45, 2.75) is 26.4 Å². The maximum Gasteiger partial charge on any atom is 0.188 e. The van der Waals surface area contributed by atoms with Crippen molar-refractivity contribution in [3.8, 4) is 0 Å². The average Bonchev–Trinajstić information content (AvgIpc) is 3.21. The number of fused-ring (bicyclic) bond motifs is 1. The van der Waals surface area contributed by atoms with Crippen LogP contribution in [0.4, 0.5) is 11.5 Å². The maximum absolute atomic E-state index is 12.9. The van der Waals surface area contributed by atoms with Crippen LogP contribution in [0.1, 0.15) is 44.0 Å². The van der Waals surface area contributed by atoms with Crippen LogP contribution in [0.5, 0.6) is 0 Å². The van der Waals surface area contributed by atoms with Crippen molar-refractivity contribution in [1.29, 1.82) is 0 Å². The van der Waals surface area contributed by atoms with Crippen molar-refractivity contribution in [1.82, 2.24) is 15.5 Å². The molecule has 2 aromatic carbocycles. The van der Waals surface area contributed by atoms with Gasteiger partial charge in [0, 0.05) is 18.0 Å². The summed E-state index contributed by atoms with van der Waals surface area (Å²) in [6, 6.07) is 25.1. The molecule has 0 fully saturated rings. The molecule has 0 amide bonds. The first-order valence-corrected chi connectivity index (χ1v) is 11.4. The van der Waals surface area contributed by atoms with E-state index in [1.54, 1.807) is 24.5 Å². The molecule has 7 nitrogen and oxygen atoms in total. The summed E-state index contributed by atoms with van der Waals surface area (Å²) in [4.78, 5) is 34.1. The number of Topliss-reactive ketones (excluding diaryl/α,β-unsaturated/α-hetero) is 2. The molecule has 4 aromatic rings. The molecule has 0 aliphatic carbocycles. The molecule has 0 radical (unpaired) electrons. The molecular weight excluding hydrogens is 438 g/mol. The summed E-state index contributed by atoms with van der Waals surface area (Å²) >= 11 is 0. The van der Waals surface area contributed by atoms with Gasteiger partial charge in [-0.3, -0.25) is 24.6 Å². The molecule has 174 valence electrons. The van der Waals surface area contributed by atoms with Crippen LogP contribution >= 0.6 is 0 Å². The lowest BCUT2D eigenvalue weighted by Gasteiger charge is -2.22. The molecule has 0 spiro atoms. The fourth-order valence-corrected chi connectivity index (χ4v) is 4.10. The molecule has 0 unspecified atom stereocenters. The Bertz CT molecular complexity index is 1370. The van der Waals surface area contributed by atoms with E-state index in [-0.39, 0.29) is 18.0 Å². The number of aromatic nitrogens is 2. The number of aryl methyl sites for hydroxylation is 1. The predicted octanol–water partition coefficient (Wildman–Crippen LogP) is 4.69. The molecule has 35 heavy (non-hydrogen) atoms. The van der Waals surface area contributed by atoms with Gasteiger partial charge in [0.1, 0.15) is 5.69 Å². The summed E-state index contributed by atoms with van der Waals surface area (Å²) in [5.74, 6) is 0.351. The molecule has 1 aliphatic heterocycles. The summed E-state index contributed by atoms with van der Waals surface area (Å²) in [6.45, 7) is 3.08. The van der Waals surface area contributed by atoms with E-state index in [0.717, 1.165) is 22.6 Å². The number of nitrogens with zero attached hydrogens (tertiary/aromatic N) is 4. The second-order valence-corrected chi connectivity index (χ2v) is 8.55. The first kappa shape index (κ1) is 22.4. The maximum atomic E-state index is 12.9. The molecule has 0 saturated heterocycles.